The number of amides is 1. The summed E-state index contributed by atoms with van der Waals surface area (Å²) < 4.78 is 28.4. The van der Waals surface area contributed by atoms with E-state index in [4.69, 9.17) is 4.74 Å². The zero-order valence-corrected chi connectivity index (χ0v) is 17.1. The van der Waals surface area contributed by atoms with Crippen LogP contribution in [0.3, 0.4) is 0 Å². The van der Waals surface area contributed by atoms with E-state index in [-0.39, 0.29) is 23.2 Å². The fraction of sp³-hybridized carbons (Fsp3) is 0.611. The minimum atomic E-state index is -3.19. The average Bonchev–Trinajstić information content (AvgIpc) is 3.10. The van der Waals surface area contributed by atoms with E-state index in [1.54, 1.807) is 12.1 Å². The van der Waals surface area contributed by atoms with Gasteiger partial charge in [0.1, 0.15) is 5.75 Å². The normalized spacial score (nSPS) is 16.8. The lowest BCUT2D eigenvalue weighted by atomic mass is 10.1. The van der Waals surface area contributed by atoms with Gasteiger partial charge in [-0.15, -0.1) is 12.4 Å². The summed E-state index contributed by atoms with van der Waals surface area (Å²) >= 11 is 0. The first-order valence-electron chi connectivity index (χ1n) is 8.85. The van der Waals surface area contributed by atoms with Crippen LogP contribution in [0.1, 0.15) is 32.6 Å². The SMILES string of the molecule is CCCN(C(=O)CCCOc1ccc(S(C)(=O)=O)cc1)C1CCNC1.Cl. The molecule has 1 unspecified atom stereocenters. The minimum absolute atomic E-state index is 0. The second-order valence-electron chi connectivity index (χ2n) is 6.43. The van der Waals surface area contributed by atoms with Crippen molar-refractivity contribution in [3.05, 3.63) is 24.3 Å². The van der Waals surface area contributed by atoms with Crippen LogP contribution in [0, 0.1) is 0 Å². The first kappa shape index (κ1) is 22.7. The first-order chi connectivity index (χ1) is 11.9. The van der Waals surface area contributed by atoms with E-state index in [0.29, 0.717) is 31.2 Å². The Labute approximate surface area is 162 Å². The van der Waals surface area contributed by atoms with Gasteiger partial charge in [-0.2, -0.15) is 0 Å². The minimum Gasteiger partial charge on any atom is -0.494 e. The van der Waals surface area contributed by atoms with E-state index in [2.05, 4.69) is 12.2 Å². The van der Waals surface area contributed by atoms with Gasteiger partial charge in [0.25, 0.3) is 0 Å². The Kier molecular flexibility index (Phi) is 9.39. The maximum absolute atomic E-state index is 12.5. The van der Waals surface area contributed by atoms with Crippen LogP contribution in [0.4, 0.5) is 0 Å². The summed E-state index contributed by atoms with van der Waals surface area (Å²) in [5.74, 6) is 0.803. The van der Waals surface area contributed by atoms with Crippen molar-refractivity contribution in [3.8, 4) is 5.75 Å². The molecule has 148 valence electrons. The average molecular weight is 405 g/mol. The maximum atomic E-state index is 12.5. The van der Waals surface area contributed by atoms with E-state index in [1.807, 2.05) is 4.90 Å². The lowest BCUT2D eigenvalue weighted by Crippen LogP contribution is -2.42. The lowest BCUT2D eigenvalue weighted by Gasteiger charge is -2.28. The first-order valence-corrected chi connectivity index (χ1v) is 10.7. The molecule has 0 spiro atoms. The summed E-state index contributed by atoms with van der Waals surface area (Å²) in [6.45, 7) is 5.19. The van der Waals surface area contributed by atoms with Crippen LogP contribution in [-0.2, 0) is 14.6 Å². The Morgan fingerprint density at radius 3 is 2.54 bits per heavy atom. The zero-order chi connectivity index (χ0) is 18.3. The number of carbonyl (C=O) groups is 1. The maximum Gasteiger partial charge on any atom is 0.222 e. The summed E-state index contributed by atoms with van der Waals surface area (Å²) in [4.78, 5) is 14.7. The molecule has 2 rings (SSSR count). The monoisotopic (exact) mass is 404 g/mol. The van der Waals surface area contributed by atoms with Crippen molar-refractivity contribution >= 4 is 28.2 Å². The van der Waals surface area contributed by atoms with Crippen LogP contribution in [0.15, 0.2) is 29.2 Å². The number of hydrogen-bond acceptors (Lipinski definition) is 5. The highest BCUT2D eigenvalue weighted by Crippen LogP contribution is 2.16. The number of nitrogens with zero attached hydrogens (tertiary/aromatic N) is 1. The number of halogens is 1. The molecule has 0 saturated carbocycles. The summed E-state index contributed by atoms with van der Waals surface area (Å²) in [5, 5.41) is 3.31. The van der Waals surface area contributed by atoms with Gasteiger partial charge in [-0.25, -0.2) is 8.42 Å². The molecule has 8 heteroatoms. The zero-order valence-electron chi connectivity index (χ0n) is 15.4. The number of nitrogens with one attached hydrogen (secondary N) is 1. The van der Waals surface area contributed by atoms with Gasteiger partial charge < -0.3 is 15.0 Å². The number of carbonyl (C=O) groups excluding carboxylic acids is 1. The van der Waals surface area contributed by atoms with E-state index in [1.165, 1.54) is 18.4 Å². The highest BCUT2D eigenvalue weighted by molar-refractivity contribution is 7.90. The van der Waals surface area contributed by atoms with Gasteiger partial charge in [-0.1, -0.05) is 6.92 Å². The molecule has 1 amide bonds. The van der Waals surface area contributed by atoms with E-state index in [0.717, 1.165) is 32.5 Å². The molecule has 0 bridgehead atoms. The Morgan fingerprint density at radius 1 is 1.31 bits per heavy atom. The third kappa shape index (κ3) is 6.78. The van der Waals surface area contributed by atoms with Crippen molar-refractivity contribution in [2.45, 2.75) is 43.5 Å². The van der Waals surface area contributed by atoms with Crippen LogP contribution in [-0.4, -0.2) is 57.8 Å². The molecule has 1 aliphatic rings. The molecule has 1 atom stereocenters. The Hall–Kier alpha value is -1.31. The van der Waals surface area contributed by atoms with E-state index < -0.39 is 9.84 Å². The molecule has 26 heavy (non-hydrogen) atoms. The molecule has 0 aromatic heterocycles. The van der Waals surface area contributed by atoms with E-state index in [9.17, 15) is 13.2 Å². The smallest absolute Gasteiger partial charge is 0.222 e. The number of sulfone groups is 1. The number of ether oxygens (including phenoxy) is 1. The standard InChI is InChI=1S/C18H28N2O4S.ClH/c1-3-12-20(15-10-11-19-14-15)18(21)5-4-13-24-16-6-8-17(9-7-16)25(2,22)23;/h6-9,15,19H,3-5,10-14H2,1-2H3;1H. The van der Waals surface area contributed by atoms with Crippen molar-refractivity contribution in [2.24, 2.45) is 0 Å². The molecule has 1 aromatic rings. The van der Waals surface area contributed by atoms with E-state index >= 15 is 0 Å². The predicted molar refractivity (Wildman–Crippen MR) is 105 cm³/mol. The van der Waals surface area contributed by atoms with Crippen LogP contribution in [0.25, 0.3) is 0 Å². The molecule has 1 aliphatic heterocycles. The molecule has 0 radical (unpaired) electrons. The van der Waals surface area contributed by atoms with Crippen LogP contribution in [0.5, 0.6) is 5.75 Å². The molecular formula is C18H29ClN2O4S. The van der Waals surface area contributed by atoms with Crippen molar-refractivity contribution in [1.29, 1.82) is 0 Å². The largest absolute Gasteiger partial charge is 0.494 e. The molecule has 1 saturated heterocycles. The van der Waals surface area contributed by atoms with Gasteiger partial charge in [0.2, 0.25) is 5.91 Å². The topological polar surface area (TPSA) is 75.7 Å². The van der Waals surface area contributed by atoms with Crippen molar-refractivity contribution in [2.75, 3.05) is 32.5 Å². The van der Waals surface area contributed by atoms with Crippen LogP contribution >= 0.6 is 12.4 Å². The fourth-order valence-corrected chi connectivity index (χ4v) is 3.63. The van der Waals surface area contributed by atoms with Crippen molar-refractivity contribution in [3.63, 3.8) is 0 Å². The number of benzene rings is 1. The Balaban J connectivity index is 0.00000338. The van der Waals surface area contributed by atoms with Crippen LogP contribution in [0.2, 0.25) is 0 Å². The second kappa shape index (κ2) is 10.7. The van der Waals surface area contributed by atoms with Crippen molar-refractivity contribution < 1.29 is 17.9 Å². The molecule has 6 nitrogen and oxygen atoms in total. The number of rotatable bonds is 9. The highest BCUT2D eigenvalue weighted by atomic mass is 35.5. The molecule has 1 N–H and O–H groups in total. The second-order valence-corrected chi connectivity index (χ2v) is 8.45. The predicted octanol–water partition coefficient (Wildman–Crippen LogP) is 2.27. The summed E-state index contributed by atoms with van der Waals surface area (Å²) in [5.41, 5.74) is 0. The lowest BCUT2D eigenvalue weighted by molar-refractivity contribution is -0.133. The van der Waals surface area contributed by atoms with Gasteiger partial charge >= 0.3 is 0 Å². The Bertz CT molecular complexity index is 658. The molecule has 1 heterocycles. The van der Waals surface area contributed by atoms with Gasteiger partial charge in [0.15, 0.2) is 9.84 Å². The van der Waals surface area contributed by atoms with Crippen molar-refractivity contribution in [1.82, 2.24) is 10.2 Å². The third-order valence-corrected chi connectivity index (χ3v) is 5.44. The highest BCUT2D eigenvalue weighted by Gasteiger charge is 2.25. The summed E-state index contributed by atoms with van der Waals surface area (Å²) in [6.07, 6.45) is 4.28. The molecular weight excluding hydrogens is 376 g/mol. The van der Waals surface area contributed by atoms with Gasteiger partial charge in [0.05, 0.1) is 11.5 Å². The summed E-state index contributed by atoms with van der Waals surface area (Å²) in [7, 11) is -3.19. The third-order valence-electron chi connectivity index (χ3n) is 4.32. The van der Waals surface area contributed by atoms with Crippen LogP contribution < -0.4 is 10.1 Å². The quantitative estimate of drug-likeness (QED) is 0.639. The number of hydrogen-bond donors (Lipinski definition) is 1. The molecule has 1 fully saturated rings. The molecule has 0 aliphatic carbocycles. The van der Waals surface area contributed by atoms with Gasteiger partial charge in [0, 0.05) is 31.8 Å². The summed E-state index contributed by atoms with van der Waals surface area (Å²) in [6, 6.07) is 6.67. The van der Waals surface area contributed by atoms with Gasteiger partial charge in [-0.3, -0.25) is 4.79 Å². The fourth-order valence-electron chi connectivity index (χ4n) is 3.00. The molecule has 1 aromatic carbocycles. The van der Waals surface area contributed by atoms with Gasteiger partial charge in [-0.05, 0) is 50.1 Å². The Morgan fingerprint density at radius 2 is 2.00 bits per heavy atom.